The molecule has 0 aliphatic carbocycles. The maximum Gasteiger partial charge on any atom is 0.414 e. The number of nitrogens with zero attached hydrogens (tertiary/aromatic N) is 2. The standard InChI is InChI=1S/C31H45NO6.C30H43NO7.CH4.H2/c1-11-32(29(34)38-30(6,7)8)24-17-21(4)26-23(18-24)13-12-14-25-27(37-31(9,10)36-25)20(3)16-15-19(2)22(5)35-28(26)33;1-10-31(28(34)38-29(5,6)7)22-16-19(3)25-21(17-22)12-11-13-24-26(37-30(8,9)36-24)23(32)15-14-18(2)20(4)35-27(25)33;;/h12-13,15-20,22,25,27H,11,14H2,1-10H3;11-12,14-18,20,23-24,26,32H,10,13H2,1-9H3;1H4;1H/b13-12+,16-15-;12-11+,15-14-;;/t19-,20?,22+,25+,27-;18-,20+,23?,24+,26-;;/m11../s1/i;;;1+1D. The smallest absolute Gasteiger partial charge is 0.414 e. The first kappa shape index (κ1) is 62.5. The normalized spacial score (nSPS) is 29.0. The van der Waals surface area contributed by atoms with E-state index >= 15 is 0 Å². The van der Waals surface area contributed by atoms with Crippen LogP contribution in [0.5, 0.6) is 0 Å². The third-order valence-electron chi connectivity index (χ3n) is 13.6. The summed E-state index contributed by atoms with van der Waals surface area (Å²) in [6.07, 6.45) is 12.8. The first-order valence-electron chi connectivity index (χ1n) is 28.0. The second kappa shape index (κ2) is 26.1. The number of fused-ring (bicyclic) bond motifs is 4. The number of rotatable bonds is 4. The molecule has 10 atom stereocenters. The number of amides is 2. The van der Waals surface area contributed by atoms with E-state index in [0.29, 0.717) is 65.1 Å². The van der Waals surface area contributed by atoms with Crippen molar-refractivity contribution in [2.75, 3.05) is 22.9 Å². The van der Waals surface area contributed by atoms with Gasteiger partial charge in [-0.1, -0.05) is 76.8 Å². The minimum atomic E-state index is -0.878. The number of benzene rings is 2. The minimum absolute atomic E-state index is 0. The van der Waals surface area contributed by atoms with Gasteiger partial charge in [0, 0.05) is 45.2 Å². The van der Waals surface area contributed by atoms with Gasteiger partial charge < -0.3 is 43.0 Å². The zero-order valence-corrected chi connectivity index (χ0v) is 48.8. The van der Waals surface area contributed by atoms with E-state index in [1.54, 1.807) is 28.0 Å². The lowest BCUT2D eigenvalue weighted by atomic mass is 9.93. The molecule has 2 aromatic carbocycles. The highest BCUT2D eigenvalue weighted by Crippen LogP contribution is 2.37. The Labute approximate surface area is 463 Å². The van der Waals surface area contributed by atoms with E-state index in [9.17, 15) is 24.3 Å². The summed E-state index contributed by atoms with van der Waals surface area (Å²) >= 11 is 0. The van der Waals surface area contributed by atoms with Crippen LogP contribution in [-0.2, 0) is 37.9 Å². The van der Waals surface area contributed by atoms with Crippen molar-refractivity contribution < 1.29 is 65.1 Å². The minimum Gasteiger partial charge on any atom is -0.458 e. The maximum absolute atomic E-state index is 13.4. The topological polar surface area (TPSA) is 169 Å². The Kier molecular flexibility index (Phi) is 21.2. The molecule has 15 nitrogen and oxygen atoms in total. The van der Waals surface area contributed by atoms with Crippen LogP contribution < -0.4 is 9.80 Å². The Morgan fingerprint density at radius 1 is 0.623 bits per heavy atom. The monoisotopic (exact) mass is 1080 g/mol. The summed E-state index contributed by atoms with van der Waals surface area (Å²) in [6.45, 7) is 36.6. The number of ether oxygens (including phenoxy) is 8. The van der Waals surface area contributed by atoms with Crippen molar-refractivity contribution in [2.24, 2.45) is 17.8 Å². The molecule has 430 valence electrons. The number of hydrogen-bond acceptors (Lipinski definition) is 13. The molecule has 4 heterocycles. The first-order valence-corrected chi connectivity index (χ1v) is 27.0. The van der Waals surface area contributed by atoms with Gasteiger partial charge in [-0.05, 0) is 170 Å². The van der Waals surface area contributed by atoms with Gasteiger partial charge in [-0.25, -0.2) is 19.2 Å². The second-order valence-electron chi connectivity index (χ2n) is 23.5. The molecule has 1 N–H and O–H groups in total. The van der Waals surface area contributed by atoms with E-state index in [0.717, 1.165) is 5.56 Å². The fourth-order valence-corrected chi connectivity index (χ4v) is 9.52. The predicted octanol–water partition coefficient (Wildman–Crippen LogP) is 13.7. The number of esters is 2. The number of aryl methyl sites for hydroxylation is 2. The van der Waals surface area contributed by atoms with Gasteiger partial charge in [-0.15, -0.1) is 0 Å². The van der Waals surface area contributed by atoms with Gasteiger partial charge in [0.25, 0.3) is 0 Å². The lowest BCUT2D eigenvalue weighted by molar-refractivity contribution is -0.152. The molecule has 2 saturated heterocycles. The lowest BCUT2D eigenvalue weighted by Gasteiger charge is -2.27. The largest absolute Gasteiger partial charge is 0.458 e. The number of hydrogen-bond donors (Lipinski definition) is 1. The van der Waals surface area contributed by atoms with E-state index < -0.39 is 59.2 Å². The Bertz CT molecular complexity index is 2350. The quantitative estimate of drug-likeness (QED) is 0.175. The molecule has 4 aliphatic heterocycles. The van der Waals surface area contributed by atoms with Crippen LogP contribution in [0.2, 0.25) is 0 Å². The molecule has 0 bridgehead atoms. The maximum atomic E-state index is 13.4. The van der Waals surface area contributed by atoms with Crippen LogP contribution in [0.3, 0.4) is 0 Å². The van der Waals surface area contributed by atoms with E-state index in [1.807, 2.05) is 167 Å². The highest BCUT2D eigenvalue weighted by Gasteiger charge is 2.44. The van der Waals surface area contributed by atoms with Gasteiger partial charge in [0.1, 0.15) is 35.6 Å². The molecule has 6 rings (SSSR count). The van der Waals surface area contributed by atoms with Gasteiger partial charge in [0.15, 0.2) is 11.6 Å². The molecule has 2 fully saturated rings. The van der Waals surface area contributed by atoms with Crippen molar-refractivity contribution in [3.63, 3.8) is 0 Å². The first-order chi connectivity index (χ1) is 36.2. The number of aliphatic hydroxyl groups is 1. The van der Waals surface area contributed by atoms with Crippen LogP contribution in [0.1, 0.15) is 184 Å². The van der Waals surface area contributed by atoms with Crippen LogP contribution >= 0.6 is 0 Å². The fourth-order valence-electron chi connectivity index (χ4n) is 9.52. The Morgan fingerprint density at radius 3 is 1.38 bits per heavy atom. The third-order valence-corrected chi connectivity index (χ3v) is 13.6. The van der Waals surface area contributed by atoms with Crippen LogP contribution in [0.4, 0.5) is 21.0 Å². The van der Waals surface area contributed by atoms with E-state index in [1.165, 1.54) is 0 Å². The molecule has 0 saturated carbocycles. The number of aliphatic hydroxyl groups excluding tert-OH is 1. The van der Waals surface area contributed by atoms with Gasteiger partial charge in [0.05, 0.1) is 29.4 Å². The summed E-state index contributed by atoms with van der Waals surface area (Å²) < 4.78 is 57.6. The highest BCUT2D eigenvalue weighted by molar-refractivity contribution is 5.99. The van der Waals surface area contributed by atoms with Gasteiger partial charge in [0.2, 0.25) is 0 Å². The summed E-state index contributed by atoms with van der Waals surface area (Å²) in [4.78, 5) is 55.8. The summed E-state index contributed by atoms with van der Waals surface area (Å²) in [5, 5.41) is 10.9. The van der Waals surface area contributed by atoms with Crippen molar-refractivity contribution in [1.29, 1.82) is 0 Å². The summed E-state index contributed by atoms with van der Waals surface area (Å²) in [7, 11) is 0. The Morgan fingerprint density at radius 2 is 0.987 bits per heavy atom. The molecule has 0 aromatic heterocycles. The molecule has 0 radical (unpaired) electrons. The zero-order chi connectivity index (χ0) is 58.8. The highest BCUT2D eigenvalue weighted by atomic mass is 16.8. The van der Waals surface area contributed by atoms with Crippen LogP contribution in [0.25, 0.3) is 12.2 Å². The van der Waals surface area contributed by atoms with Gasteiger partial charge in [-0.3, -0.25) is 9.80 Å². The van der Waals surface area contributed by atoms with Crippen LogP contribution in [-0.4, -0.2) is 108 Å². The third kappa shape index (κ3) is 17.3. The molecule has 2 amide bonds. The average molecular weight is 1080 g/mol. The summed E-state index contributed by atoms with van der Waals surface area (Å²) in [5.41, 5.74) is 3.66. The Hall–Kier alpha value is -5.32. The van der Waals surface area contributed by atoms with Gasteiger partial charge in [-0.2, -0.15) is 0 Å². The van der Waals surface area contributed by atoms with E-state index in [2.05, 4.69) is 19.1 Å². The molecule has 77 heavy (non-hydrogen) atoms. The Balaban J connectivity index is 0.000000398. The lowest BCUT2D eigenvalue weighted by Crippen LogP contribution is -2.37. The van der Waals surface area contributed by atoms with Crippen molar-refractivity contribution in [1.82, 2.24) is 0 Å². The predicted molar refractivity (Wildman–Crippen MR) is 306 cm³/mol. The number of anilines is 2. The van der Waals surface area contributed by atoms with Crippen molar-refractivity contribution in [2.45, 2.75) is 217 Å². The second-order valence-corrected chi connectivity index (χ2v) is 23.5. The molecule has 4 aliphatic rings. The average Bonchev–Trinajstić information content (AvgIpc) is 3.81. The fraction of sp³-hybridized carbons (Fsp3) is 0.613. The summed E-state index contributed by atoms with van der Waals surface area (Å²) in [6, 6.07) is 7.30. The van der Waals surface area contributed by atoms with Crippen molar-refractivity contribution in [3.8, 4) is 0 Å². The molecular formula is C62H94N2O13. The molecule has 15 heteroatoms. The van der Waals surface area contributed by atoms with Crippen molar-refractivity contribution >= 4 is 47.7 Å². The number of carbonyl (C=O) groups excluding carboxylic acids is 4. The van der Waals surface area contributed by atoms with E-state index in [-0.39, 0.29) is 55.6 Å². The molecule has 0 spiro atoms. The van der Waals surface area contributed by atoms with E-state index in [4.69, 9.17) is 40.9 Å². The zero-order valence-electron chi connectivity index (χ0n) is 50.8. The van der Waals surface area contributed by atoms with Gasteiger partial charge >= 0.3 is 24.1 Å². The number of cyclic esters (lactones) is 2. The SMILES string of the molecule is C.CCN(C(=O)OC(C)(C)C)c1cc(C)c2c(c1)/C=C/C[C@@H]1OC(C)(C)O[C@@H]1C(C)/C=C\[C@@H](C)[C@H](C)OC2=O.CCN(C(=O)OC(C)(C)C)c1cc(C)c2c(c1)/C=C/C[C@@H]1OC(C)(C)O[C@@H]1C(O)/C=C\[C@@H](C)[C@H](C)OC2=O.[2H][2H]. The summed E-state index contributed by atoms with van der Waals surface area (Å²) in [5.74, 6) is -2.35. The molecular weight excluding hydrogens is 981 g/mol. The molecule has 2 unspecified atom stereocenters. The van der Waals surface area contributed by atoms with Crippen LogP contribution in [0.15, 0.2) is 60.7 Å². The molecule has 2 aromatic rings. The van der Waals surface area contributed by atoms with Crippen molar-refractivity contribution in [3.05, 3.63) is 94.1 Å². The van der Waals surface area contributed by atoms with Crippen LogP contribution in [0, 0.1) is 31.6 Å². The number of carbonyl (C=O) groups is 4.